The van der Waals surface area contributed by atoms with Crippen molar-refractivity contribution >= 4 is 11.9 Å². The molecule has 1 N–H and O–H groups in total. The van der Waals surface area contributed by atoms with Crippen LogP contribution in [0.4, 0.5) is 0 Å². The van der Waals surface area contributed by atoms with E-state index in [1.165, 1.54) is 6.26 Å². The molecule has 0 spiro atoms. The molecule has 2 aromatic heterocycles. The maximum absolute atomic E-state index is 13.3. The molecule has 0 aliphatic heterocycles. The van der Waals surface area contributed by atoms with Crippen LogP contribution in [0.5, 0.6) is 0 Å². The van der Waals surface area contributed by atoms with Gasteiger partial charge in [-0.1, -0.05) is 30.3 Å². The minimum absolute atomic E-state index is 0.0504. The summed E-state index contributed by atoms with van der Waals surface area (Å²) in [5.41, 5.74) is 2.88. The molecule has 31 heavy (non-hydrogen) atoms. The molecular formula is C24H28N2O5. The van der Waals surface area contributed by atoms with Crippen molar-refractivity contribution in [1.29, 1.82) is 0 Å². The maximum Gasteiger partial charge on any atom is 0.339 e. The highest BCUT2D eigenvalue weighted by Gasteiger charge is 2.23. The number of hydrogen-bond acceptors (Lipinski definition) is 5. The second-order valence-electron chi connectivity index (χ2n) is 7.38. The van der Waals surface area contributed by atoms with Crippen LogP contribution in [-0.2, 0) is 22.6 Å². The summed E-state index contributed by atoms with van der Waals surface area (Å²) in [6.07, 6.45) is 0.551. The van der Waals surface area contributed by atoms with E-state index in [0.717, 1.165) is 11.3 Å². The molecule has 1 atom stereocenters. The van der Waals surface area contributed by atoms with Crippen molar-refractivity contribution in [2.45, 2.75) is 40.0 Å². The number of aromatic nitrogens is 1. The number of furan rings is 1. The standard InChI is InChI=1S/C24H28N2O5/c1-4-30-24(29)20-13-17(2)26(18(20)3)16-23(28)25(14-19-9-6-5-7-10-19)15-21(27)22-11-8-12-31-22/h5-13,21,27H,4,14-16H2,1-3H3/t21-/m1/s1. The van der Waals surface area contributed by atoms with Crippen LogP contribution < -0.4 is 0 Å². The van der Waals surface area contributed by atoms with Crippen molar-refractivity contribution in [3.63, 3.8) is 0 Å². The summed E-state index contributed by atoms with van der Waals surface area (Å²) in [5.74, 6) is -0.167. The molecule has 0 radical (unpaired) electrons. The Kier molecular flexibility index (Phi) is 7.31. The fraction of sp³-hybridized carbons (Fsp3) is 0.333. The van der Waals surface area contributed by atoms with Crippen molar-refractivity contribution < 1.29 is 23.8 Å². The highest BCUT2D eigenvalue weighted by Crippen LogP contribution is 2.20. The topological polar surface area (TPSA) is 84.9 Å². The molecule has 0 aliphatic carbocycles. The van der Waals surface area contributed by atoms with Gasteiger partial charge in [0.05, 0.1) is 25.0 Å². The predicted octanol–water partition coefficient (Wildman–Crippen LogP) is 3.64. The average Bonchev–Trinajstić information content (AvgIpc) is 3.39. The van der Waals surface area contributed by atoms with Gasteiger partial charge in [0.15, 0.2) is 0 Å². The van der Waals surface area contributed by atoms with E-state index in [4.69, 9.17) is 9.15 Å². The van der Waals surface area contributed by atoms with E-state index in [-0.39, 0.29) is 25.6 Å². The molecule has 2 heterocycles. The SMILES string of the molecule is CCOC(=O)c1cc(C)n(CC(=O)N(Cc2ccccc2)C[C@@H](O)c2ccco2)c1C. The van der Waals surface area contributed by atoms with Gasteiger partial charge in [0.25, 0.3) is 0 Å². The largest absolute Gasteiger partial charge is 0.467 e. The van der Waals surface area contributed by atoms with E-state index >= 15 is 0 Å². The van der Waals surface area contributed by atoms with Crippen LogP contribution in [0.2, 0.25) is 0 Å². The average molecular weight is 424 g/mol. The van der Waals surface area contributed by atoms with Crippen molar-refractivity contribution in [3.05, 3.63) is 83.1 Å². The van der Waals surface area contributed by atoms with Gasteiger partial charge in [-0.15, -0.1) is 0 Å². The molecule has 7 heteroatoms. The van der Waals surface area contributed by atoms with Gasteiger partial charge in [0.2, 0.25) is 5.91 Å². The van der Waals surface area contributed by atoms with E-state index in [9.17, 15) is 14.7 Å². The Morgan fingerprint density at radius 3 is 2.55 bits per heavy atom. The number of ether oxygens (including phenoxy) is 1. The molecule has 164 valence electrons. The number of aryl methyl sites for hydroxylation is 1. The molecule has 7 nitrogen and oxygen atoms in total. The first-order valence-electron chi connectivity index (χ1n) is 10.3. The molecule has 1 aromatic carbocycles. The Balaban J connectivity index is 1.82. The van der Waals surface area contributed by atoms with E-state index in [1.807, 2.05) is 37.3 Å². The Morgan fingerprint density at radius 1 is 1.16 bits per heavy atom. The molecule has 0 unspecified atom stereocenters. The zero-order chi connectivity index (χ0) is 22.4. The van der Waals surface area contributed by atoms with Crippen LogP contribution in [0.25, 0.3) is 0 Å². The summed E-state index contributed by atoms with van der Waals surface area (Å²) in [7, 11) is 0. The first-order valence-corrected chi connectivity index (χ1v) is 10.3. The number of carbonyl (C=O) groups excluding carboxylic acids is 2. The fourth-order valence-corrected chi connectivity index (χ4v) is 3.53. The lowest BCUT2D eigenvalue weighted by atomic mass is 10.2. The summed E-state index contributed by atoms with van der Waals surface area (Å²) in [4.78, 5) is 27.1. The fourth-order valence-electron chi connectivity index (χ4n) is 3.53. The lowest BCUT2D eigenvalue weighted by Gasteiger charge is -2.26. The third-order valence-electron chi connectivity index (χ3n) is 5.20. The van der Waals surface area contributed by atoms with Gasteiger partial charge in [-0.3, -0.25) is 4.79 Å². The number of rotatable bonds is 9. The summed E-state index contributed by atoms with van der Waals surface area (Å²) >= 11 is 0. The summed E-state index contributed by atoms with van der Waals surface area (Å²) in [5, 5.41) is 10.6. The Hall–Kier alpha value is -3.32. The van der Waals surface area contributed by atoms with Crippen LogP contribution in [0, 0.1) is 13.8 Å². The van der Waals surface area contributed by atoms with Gasteiger partial charge in [0, 0.05) is 17.9 Å². The number of aliphatic hydroxyl groups is 1. The summed E-state index contributed by atoms with van der Waals surface area (Å²) in [6.45, 7) is 6.18. The molecule has 3 aromatic rings. The summed E-state index contributed by atoms with van der Waals surface area (Å²) in [6, 6.07) is 14.7. The molecule has 0 saturated carbocycles. The Labute approximate surface area is 181 Å². The van der Waals surface area contributed by atoms with Gasteiger partial charge in [-0.2, -0.15) is 0 Å². The van der Waals surface area contributed by atoms with Crippen LogP contribution in [0.15, 0.2) is 59.2 Å². The van der Waals surface area contributed by atoms with E-state index in [0.29, 0.717) is 23.6 Å². The van der Waals surface area contributed by atoms with E-state index < -0.39 is 12.1 Å². The Morgan fingerprint density at radius 2 is 1.90 bits per heavy atom. The third-order valence-corrected chi connectivity index (χ3v) is 5.20. The third kappa shape index (κ3) is 5.44. The molecule has 1 amide bonds. The van der Waals surface area contributed by atoms with Gasteiger partial charge in [-0.05, 0) is 44.5 Å². The lowest BCUT2D eigenvalue weighted by molar-refractivity contribution is -0.134. The lowest BCUT2D eigenvalue weighted by Crippen LogP contribution is -2.37. The van der Waals surface area contributed by atoms with Gasteiger partial charge >= 0.3 is 5.97 Å². The zero-order valence-corrected chi connectivity index (χ0v) is 18.1. The van der Waals surface area contributed by atoms with E-state index in [2.05, 4.69) is 0 Å². The number of aliphatic hydroxyl groups excluding tert-OH is 1. The van der Waals surface area contributed by atoms with Crippen LogP contribution in [0.3, 0.4) is 0 Å². The van der Waals surface area contributed by atoms with Crippen LogP contribution >= 0.6 is 0 Å². The van der Waals surface area contributed by atoms with E-state index in [1.54, 1.807) is 41.5 Å². The van der Waals surface area contributed by atoms with Gasteiger partial charge < -0.3 is 23.7 Å². The number of benzene rings is 1. The van der Waals surface area contributed by atoms with Gasteiger partial charge in [0.1, 0.15) is 18.4 Å². The van der Waals surface area contributed by atoms with Crippen molar-refractivity contribution in [2.75, 3.05) is 13.2 Å². The van der Waals surface area contributed by atoms with Crippen LogP contribution in [-0.4, -0.2) is 39.6 Å². The quantitative estimate of drug-likeness (QED) is 0.530. The second-order valence-corrected chi connectivity index (χ2v) is 7.38. The monoisotopic (exact) mass is 424 g/mol. The first kappa shape index (κ1) is 22.4. The Bertz CT molecular complexity index is 1010. The number of carbonyl (C=O) groups is 2. The minimum Gasteiger partial charge on any atom is -0.467 e. The smallest absolute Gasteiger partial charge is 0.339 e. The normalized spacial score (nSPS) is 11.9. The van der Waals surface area contributed by atoms with Crippen molar-refractivity contribution in [2.24, 2.45) is 0 Å². The first-order chi connectivity index (χ1) is 14.9. The molecule has 0 bridgehead atoms. The minimum atomic E-state index is -0.940. The number of esters is 1. The highest BCUT2D eigenvalue weighted by molar-refractivity contribution is 5.91. The number of nitrogens with zero attached hydrogens (tertiary/aromatic N) is 2. The molecule has 0 saturated heterocycles. The molecule has 0 fully saturated rings. The maximum atomic E-state index is 13.3. The number of hydrogen-bond donors (Lipinski definition) is 1. The van der Waals surface area contributed by atoms with Crippen LogP contribution in [0.1, 0.15) is 46.1 Å². The molecular weight excluding hydrogens is 396 g/mol. The van der Waals surface area contributed by atoms with Crippen molar-refractivity contribution in [1.82, 2.24) is 9.47 Å². The zero-order valence-electron chi connectivity index (χ0n) is 18.1. The molecule has 3 rings (SSSR count). The highest BCUT2D eigenvalue weighted by atomic mass is 16.5. The summed E-state index contributed by atoms with van der Waals surface area (Å²) < 4.78 is 12.2. The van der Waals surface area contributed by atoms with Crippen molar-refractivity contribution in [3.8, 4) is 0 Å². The number of amides is 1. The molecule has 0 aliphatic rings. The van der Waals surface area contributed by atoms with Gasteiger partial charge in [-0.25, -0.2) is 4.79 Å². The second kappa shape index (κ2) is 10.1. The predicted molar refractivity (Wildman–Crippen MR) is 115 cm³/mol.